The van der Waals surface area contributed by atoms with Crippen molar-refractivity contribution >= 4 is 77.0 Å². The molecule has 3 fully saturated rings. The van der Waals surface area contributed by atoms with Crippen LogP contribution in [0.5, 0.6) is 17.2 Å². The van der Waals surface area contributed by atoms with Crippen LogP contribution in [-0.2, 0) is 58.8 Å². The number of benzene rings is 3. The van der Waals surface area contributed by atoms with Crippen LogP contribution < -0.4 is 46.1 Å². The first-order valence-corrected chi connectivity index (χ1v) is 36.7. The molecule has 4 aromatic rings. The Morgan fingerprint density at radius 2 is 1.38 bits per heavy atom. The van der Waals surface area contributed by atoms with Crippen LogP contribution in [0.3, 0.4) is 0 Å². The van der Waals surface area contributed by atoms with E-state index in [1.165, 1.54) is 36.5 Å². The maximum absolute atomic E-state index is 15.3. The summed E-state index contributed by atoms with van der Waals surface area (Å²) in [7, 11) is 1.69. The summed E-state index contributed by atoms with van der Waals surface area (Å²) in [6, 6.07) is 4.15. The molecule has 0 aliphatic carbocycles. The van der Waals surface area contributed by atoms with Gasteiger partial charge in [0.25, 0.3) is 18.2 Å². The number of hydrogen-bond acceptors (Lipinski definition) is 27. The fourth-order valence-corrected chi connectivity index (χ4v) is 13.4. The minimum absolute atomic E-state index is 0.00491. The van der Waals surface area contributed by atoms with E-state index >= 15 is 9.59 Å². The lowest BCUT2D eigenvalue weighted by atomic mass is 9.98. The minimum atomic E-state index is -2.22. The lowest BCUT2D eigenvalue weighted by molar-refractivity contribution is -0.433. The molecule has 7 rings (SSSR count). The molecule has 0 saturated carbocycles. The van der Waals surface area contributed by atoms with Gasteiger partial charge in [0, 0.05) is 81.8 Å². The van der Waals surface area contributed by atoms with Gasteiger partial charge in [-0.25, -0.2) is 10.1 Å². The normalized spacial score (nSPS) is 23.3. The van der Waals surface area contributed by atoms with E-state index in [0.29, 0.717) is 40.8 Å². The van der Waals surface area contributed by atoms with E-state index in [1.54, 1.807) is 40.0 Å². The average molecular weight is 1530 g/mol. The van der Waals surface area contributed by atoms with Gasteiger partial charge in [-0.3, -0.25) is 38.4 Å². The third-order valence-electron chi connectivity index (χ3n) is 17.9. The Hall–Kier alpha value is -8.40. The second-order valence-corrected chi connectivity index (χ2v) is 28.9. The fourth-order valence-electron chi connectivity index (χ4n) is 12.3. The topological polar surface area (TPSA) is 487 Å². The number of phenols is 1. The van der Waals surface area contributed by atoms with E-state index < -0.39 is 201 Å². The monoisotopic (exact) mass is 1530 g/mol. The molecule has 14 atom stereocenters. The molecular formula is C70H99N11O23S2. The molecule has 34 nitrogen and oxygen atoms in total. The SMILES string of the molecule is CCCCC[C@H](NC(=O)OC(C)(C)C)C(=O)NCC[C@@H](O)[C@@H]1NC(=O)[C@H]([C@H](O)Cc2ccc(O)c(OSOOO)c2)NC(=O)[C@@H]2C[C@H](O)CN2C(=O)[C@H]([C@H](C)O)NC(=O)[C@@H](NC(=O)c2ccc(-c3nnc(-c4ccc(OCCCCCCCOC)cc4)s3)cc2)C[C@H](O)CNC(=O)[C@@H]2[C@@H](O)[C@H](C)CN2C1=O. The molecule has 15 N–H and O–H groups in total. The molecule has 584 valence electrons. The number of methoxy groups -OCH3 is 1. The highest BCUT2D eigenvalue weighted by molar-refractivity contribution is 7.90. The second kappa shape index (κ2) is 41.1. The summed E-state index contributed by atoms with van der Waals surface area (Å²) in [5.74, 6) is -9.92. The van der Waals surface area contributed by atoms with Gasteiger partial charge in [-0.2, -0.15) is 0 Å². The maximum atomic E-state index is 15.3. The van der Waals surface area contributed by atoms with Crippen molar-refractivity contribution in [3.8, 4) is 38.4 Å². The Morgan fingerprint density at radius 1 is 0.736 bits per heavy atom. The Morgan fingerprint density at radius 3 is 2.03 bits per heavy atom. The summed E-state index contributed by atoms with van der Waals surface area (Å²) in [5.41, 5.74) is 0.505. The quantitative estimate of drug-likeness (QED) is 0.0148. The zero-order valence-corrected chi connectivity index (χ0v) is 61.8. The number of alkyl carbamates (subject to hydrolysis) is 1. The number of rotatable bonds is 31. The number of nitrogens with zero attached hydrogens (tertiary/aromatic N) is 4. The highest BCUT2D eigenvalue weighted by Crippen LogP contribution is 2.34. The number of phenolic OH excluding ortho intramolecular Hbond substituents is 1. The summed E-state index contributed by atoms with van der Waals surface area (Å²) in [6.45, 7) is 8.57. The highest BCUT2D eigenvalue weighted by Gasteiger charge is 2.50. The van der Waals surface area contributed by atoms with Gasteiger partial charge >= 0.3 is 6.09 Å². The largest absolute Gasteiger partial charge is 0.504 e. The van der Waals surface area contributed by atoms with E-state index in [4.69, 9.17) is 23.7 Å². The molecule has 9 amide bonds. The number of fused-ring (bicyclic) bond motifs is 2. The molecule has 3 saturated heterocycles. The van der Waals surface area contributed by atoms with Crippen LogP contribution >= 0.6 is 23.7 Å². The van der Waals surface area contributed by atoms with Gasteiger partial charge in [0.2, 0.25) is 41.4 Å². The van der Waals surface area contributed by atoms with E-state index in [1.807, 2.05) is 31.2 Å². The number of carbonyl (C=O) groups excluding carboxylic acids is 9. The summed E-state index contributed by atoms with van der Waals surface area (Å²) in [5, 5.41) is 120. The van der Waals surface area contributed by atoms with Crippen LogP contribution in [0.4, 0.5) is 4.79 Å². The van der Waals surface area contributed by atoms with Crippen molar-refractivity contribution in [2.24, 2.45) is 5.92 Å². The minimum Gasteiger partial charge on any atom is -0.504 e. The van der Waals surface area contributed by atoms with Crippen LogP contribution in [0.15, 0.2) is 66.7 Å². The molecule has 0 bridgehead atoms. The molecule has 0 unspecified atom stereocenters. The third-order valence-corrected chi connectivity index (χ3v) is 19.3. The summed E-state index contributed by atoms with van der Waals surface area (Å²) < 4.78 is 25.9. The molecular weight excluding hydrogens is 1430 g/mol. The van der Waals surface area contributed by atoms with E-state index in [0.717, 1.165) is 79.6 Å². The summed E-state index contributed by atoms with van der Waals surface area (Å²) in [6.07, 6.45) is -6.78. The first-order chi connectivity index (χ1) is 50.5. The zero-order valence-electron chi connectivity index (χ0n) is 60.2. The summed E-state index contributed by atoms with van der Waals surface area (Å²) in [4.78, 5) is 132. The van der Waals surface area contributed by atoms with Crippen LogP contribution in [0.1, 0.15) is 135 Å². The number of aromatic nitrogens is 2. The predicted octanol–water partition coefficient (Wildman–Crippen LogP) is 1.85. The van der Waals surface area contributed by atoms with Crippen LogP contribution in [0, 0.1) is 5.92 Å². The number of aliphatic hydroxyl groups is 6. The standard InChI is InChI=1S/C70H99N11O23S2/c1-8-9-13-16-47(74-69(97)101-70(4,5)6)60(90)71-28-27-51(86)56-68(96)81-36-38(2)58(88)57(81)64(94)72-35-44(83)33-48(73-59(89)41-18-20-42(21-19-41)65-78-79-66(105-65)43-22-24-46(25-23-43)100-30-15-12-10-11-14-29-99-7)61(91)75-54(39(3)82)67(95)80-37-45(84)34-49(80)62(92)76-55(63(93)77-56)52(87)31-40-17-26-50(85)53(32-40)102-106-104-103-98/h17-26,32,38-39,44-45,47-49,51-52,54-58,82-88,98H,8-16,27-31,33-37H2,1-7H3,(H,71,90)(H,72,94)(H,73,89)(H,74,97)(H,75,91)(H,76,92)(H,77,93)/t38-,39+,44+,45+,47+,48+,49+,51-,52-,54+,55+,56+,57+,58+/m1/s1. The average Bonchev–Trinajstić information content (AvgIpc) is 1.63. The number of amides is 9. The molecule has 0 spiro atoms. The number of β-amino-alcohol motifs (C(OH)–C–C–N with tert-alkyl or cyclic N) is 1. The number of nitrogens with one attached hydrogen (secondary N) is 7. The number of aliphatic hydroxyl groups excluding tert-OH is 6. The Kier molecular flexibility index (Phi) is 32.9. The van der Waals surface area contributed by atoms with Gasteiger partial charge < -0.3 is 101 Å². The van der Waals surface area contributed by atoms with Gasteiger partial charge in [0.05, 0.1) is 43.2 Å². The molecule has 36 heteroatoms. The molecule has 4 heterocycles. The maximum Gasteiger partial charge on any atom is 0.408 e. The number of hydrogen-bond donors (Lipinski definition) is 15. The number of ether oxygens (including phenoxy) is 3. The smallest absolute Gasteiger partial charge is 0.408 e. The van der Waals surface area contributed by atoms with Crippen molar-refractivity contribution in [3.63, 3.8) is 0 Å². The van der Waals surface area contributed by atoms with Crippen molar-refractivity contribution in [2.45, 2.75) is 210 Å². The number of carbonyl (C=O) groups is 9. The van der Waals surface area contributed by atoms with Crippen LogP contribution in [-0.4, -0.2) is 245 Å². The first-order valence-electron chi connectivity index (χ1n) is 35.3. The first kappa shape index (κ1) is 84.9. The second-order valence-electron chi connectivity index (χ2n) is 27.5. The van der Waals surface area contributed by atoms with Gasteiger partial charge in [-0.1, -0.05) is 91.3 Å². The Labute approximate surface area is 621 Å². The molecule has 3 aliphatic heterocycles. The van der Waals surface area contributed by atoms with Gasteiger partial charge in [0.1, 0.15) is 63.7 Å². The number of aromatic hydroxyl groups is 1. The predicted molar refractivity (Wildman–Crippen MR) is 382 cm³/mol. The van der Waals surface area contributed by atoms with Gasteiger partial charge in [0.15, 0.2) is 11.5 Å². The lowest BCUT2D eigenvalue weighted by Gasteiger charge is -2.34. The van der Waals surface area contributed by atoms with E-state index in [-0.39, 0.29) is 35.6 Å². The molecule has 3 aromatic carbocycles. The molecule has 1 aromatic heterocycles. The molecule has 0 radical (unpaired) electrons. The van der Waals surface area contributed by atoms with Crippen LogP contribution in [0.2, 0.25) is 0 Å². The summed E-state index contributed by atoms with van der Waals surface area (Å²) >= 11 is 1.34. The van der Waals surface area contributed by atoms with Crippen LogP contribution in [0.25, 0.3) is 21.1 Å². The van der Waals surface area contributed by atoms with Crippen molar-refractivity contribution < 1.29 is 112 Å². The number of unbranched alkanes of at least 4 members (excludes halogenated alkanes) is 6. The highest BCUT2D eigenvalue weighted by atomic mass is 32.2. The molecule has 3 aliphatic rings. The van der Waals surface area contributed by atoms with Gasteiger partial charge in [-0.15, -0.1) is 10.2 Å². The Bertz CT molecular complexity index is 3570. The molecule has 106 heavy (non-hydrogen) atoms. The van der Waals surface area contributed by atoms with E-state index in [9.17, 15) is 69.3 Å². The van der Waals surface area contributed by atoms with E-state index in [2.05, 4.69) is 56.8 Å². The van der Waals surface area contributed by atoms with Crippen molar-refractivity contribution in [1.82, 2.24) is 57.2 Å². The van der Waals surface area contributed by atoms with Crippen molar-refractivity contribution in [1.29, 1.82) is 0 Å². The fraction of sp³-hybridized carbons (Fsp3) is 0.586. The Balaban J connectivity index is 1.18. The zero-order chi connectivity index (χ0) is 77.4. The third kappa shape index (κ3) is 24.8. The van der Waals surface area contributed by atoms with Crippen molar-refractivity contribution in [3.05, 3.63) is 77.9 Å². The lowest BCUT2D eigenvalue weighted by Crippen LogP contribution is -2.64. The van der Waals surface area contributed by atoms with Crippen molar-refractivity contribution in [2.75, 3.05) is 46.5 Å². The van der Waals surface area contributed by atoms with Gasteiger partial charge in [-0.05, 0) is 107 Å².